The molecule has 0 atom stereocenters. The highest BCUT2D eigenvalue weighted by Gasteiger charge is 2.25. The van der Waals surface area contributed by atoms with Crippen molar-refractivity contribution in [1.82, 2.24) is 4.98 Å². The molecule has 1 aliphatic rings. The standard InChI is InChI=1S/C11H15N3O2S2/c1-8-2-3-13-11(9(8)10(12)17)14-4-6-18(15,16)7-5-14/h2-3H,4-7H2,1H3,(H2,12,17). The lowest BCUT2D eigenvalue weighted by atomic mass is 10.1. The molecule has 1 aromatic heterocycles. The zero-order valence-corrected chi connectivity index (χ0v) is 11.7. The molecule has 2 heterocycles. The molecule has 0 unspecified atom stereocenters. The topological polar surface area (TPSA) is 76.3 Å². The number of aryl methyl sites for hydroxylation is 1. The largest absolute Gasteiger partial charge is 0.389 e. The maximum atomic E-state index is 11.4. The third-order valence-electron chi connectivity index (χ3n) is 3.03. The number of nitrogens with zero attached hydrogens (tertiary/aromatic N) is 2. The number of sulfone groups is 1. The maximum absolute atomic E-state index is 11.4. The van der Waals surface area contributed by atoms with Gasteiger partial charge in [-0.25, -0.2) is 13.4 Å². The van der Waals surface area contributed by atoms with Gasteiger partial charge in [-0.3, -0.25) is 0 Å². The van der Waals surface area contributed by atoms with E-state index in [0.717, 1.165) is 11.1 Å². The number of rotatable bonds is 2. The summed E-state index contributed by atoms with van der Waals surface area (Å²) in [4.78, 5) is 6.52. The number of anilines is 1. The van der Waals surface area contributed by atoms with Gasteiger partial charge >= 0.3 is 0 Å². The Morgan fingerprint density at radius 2 is 2.06 bits per heavy atom. The van der Waals surface area contributed by atoms with Gasteiger partial charge in [0.05, 0.1) is 17.1 Å². The summed E-state index contributed by atoms with van der Waals surface area (Å²) >= 11 is 5.04. The average Bonchev–Trinajstić information content (AvgIpc) is 2.28. The van der Waals surface area contributed by atoms with E-state index in [-0.39, 0.29) is 11.5 Å². The molecular weight excluding hydrogens is 270 g/mol. The average molecular weight is 285 g/mol. The van der Waals surface area contributed by atoms with Crippen LogP contribution in [-0.4, -0.2) is 43.0 Å². The summed E-state index contributed by atoms with van der Waals surface area (Å²) in [5.41, 5.74) is 7.42. The predicted octanol–water partition coefficient (Wildman–Crippen LogP) is 0.259. The molecular formula is C11H15N3O2S2. The van der Waals surface area contributed by atoms with E-state index < -0.39 is 9.84 Å². The number of pyridine rings is 1. The van der Waals surface area contributed by atoms with Gasteiger partial charge < -0.3 is 10.6 Å². The first-order valence-electron chi connectivity index (χ1n) is 5.61. The van der Waals surface area contributed by atoms with Crippen LogP contribution in [0.1, 0.15) is 11.1 Å². The third kappa shape index (κ3) is 2.62. The lowest BCUT2D eigenvalue weighted by Gasteiger charge is -2.29. The van der Waals surface area contributed by atoms with Crippen molar-refractivity contribution in [2.45, 2.75) is 6.92 Å². The second-order valence-electron chi connectivity index (χ2n) is 4.33. The molecule has 0 saturated carbocycles. The zero-order valence-electron chi connectivity index (χ0n) is 10.1. The van der Waals surface area contributed by atoms with E-state index in [1.54, 1.807) is 6.20 Å². The van der Waals surface area contributed by atoms with Gasteiger partial charge in [0.15, 0.2) is 9.84 Å². The zero-order chi connectivity index (χ0) is 13.3. The SMILES string of the molecule is Cc1ccnc(N2CCS(=O)(=O)CC2)c1C(N)=S. The molecule has 0 aromatic carbocycles. The molecule has 1 aromatic rings. The van der Waals surface area contributed by atoms with Crippen LogP contribution in [0.25, 0.3) is 0 Å². The predicted molar refractivity (Wildman–Crippen MR) is 75.7 cm³/mol. The maximum Gasteiger partial charge on any atom is 0.153 e. The molecule has 0 aliphatic carbocycles. The molecule has 0 spiro atoms. The summed E-state index contributed by atoms with van der Waals surface area (Å²) in [5.74, 6) is 0.996. The number of hydrogen-bond acceptors (Lipinski definition) is 5. The van der Waals surface area contributed by atoms with Crippen molar-refractivity contribution in [3.63, 3.8) is 0 Å². The summed E-state index contributed by atoms with van der Waals surface area (Å²) in [7, 11) is -2.90. The lowest BCUT2D eigenvalue weighted by molar-refractivity contribution is 0.586. The van der Waals surface area contributed by atoms with Crippen molar-refractivity contribution in [1.29, 1.82) is 0 Å². The second-order valence-corrected chi connectivity index (χ2v) is 7.07. The molecule has 5 nitrogen and oxygen atoms in total. The number of hydrogen-bond donors (Lipinski definition) is 1. The first-order chi connectivity index (χ1) is 8.41. The quantitative estimate of drug-likeness (QED) is 0.786. The Morgan fingerprint density at radius 3 is 2.61 bits per heavy atom. The third-order valence-corrected chi connectivity index (χ3v) is 4.84. The summed E-state index contributed by atoms with van der Waals surface area (Å²) < 4.78 is 22.8. The van der Waals surface area contributed by atoms with Crippen molar-refractivity contribution in [2.24, 2.45) is 5.73 Å². The molecule has 0 amide bonds. The molecule has 2 N–H and O–H groups in total. The Morgan fingerprint density at radius 1 is 1.44 bits per heavy atom. The molecule has 0 bridgehead atoms. The molecule has 1 fully saturated rings. The number of thiocarbonyl (C=S) groups is 1. The molecule has 1 saturated heterocycles. The minimum absolute atomic E-state index is 0.152. The summed E-state index contributed by atoms with van der Waals surface area (Å²) in [6.45, 7) is 2.79. The van der Waals surface area contributed by atoms with E-state index in [4.69, 9.17) is 18.0 Å². The second kappa shape index (κ2) is 4.81. The van der Waals surface area contributed by atoms with Gasteiger partial charge in [-0.1, -0.05) is 12.2 Å². The van der Waals surface area contributed by atoms with Crippen LogP contribution >= 0.6 is 12.2 Å². The van der Waals surface area contributed by atoms with E-state index >= 15 is 0 Å². The van der Waals surface area contributed by atoms with E-state index in [1.807, 2.05) is 17.9 Å². The Hall–Kier alpha value is -1.21. The summed E-state index contributed by atoms with van der Waals surface area (Å²) in [6.07, 6.45) is 1.69. The smallest absolute Gasteiger partial charge is 0.153 e. The molecule has 2 rings (SSSR count). The van der Waals surface area contributed by atoms with E-state index in [9.17, 15) is 8.42 Å². The summed E-state index contributed by atoms with van der Waals surface area (Å²) in [5, 5.41) is 0. The minimum Gasteiger partial charge on any atom is -0.389 e. The lowest BCUT2D eigenvalue weighted by Crippen LogP contribution is -2.41. The van der Waals surface area contributed by atoms with Crippen molar-refractivity contribution < 1.29 is 8.42 Å². The van der Waals surface area contributed by atoms with Crippen LogP contribution < -0.4 is 10.6 Å². The van der Waals surface area contributed by atoms with Crippen LogP contribution in [0.2, 0.25) is 0 Å². The van der Waals surface area contributed by atoms with E-state index in [1.165, 1.54) is 0 Å². The molecule has 98 valence electrons. The van der Waals surface area contributed by atoms with Crippen LogP contribution in [0.5, 0.6) is 0 Å². The summed E-state index contributed by atoms with van der Waals surface area (Å²) in [6, 6.07) is 1.85. The first kappa shape index (κ1) is 13.2. The Balaban J connectivity index is 2.35. The van der Waals surface area contributed by atoms with Crippen LogP contribution in [0.3, 0.4) is 0 Å². The highest BCUT2D eigenvalue weighted by molar-refractivity contribution is 7.91. The fourth-order valence-corrected chi connectivity index (χ4v) is 3.47. The number of nitrogens with two attached hydrogens (primary N) is 1. The fraction of sp³-hybridized carbons (Fsp3) is 0.455. The first-order valence-corrected chi connectivity index (χ1v) is 7.84. The van der Waals surface area contributed by atoms with Crippen LogP contribution in [-0.2, 0) is 9.84 Å². The van der Waals surface area contributed by atoms with Crippen LogP contribution in [0.15, 0.2) is 12.3 Å². The Kier molecular flexibility index (Phi) is 3.54. The van der Waals surface area contributed by atoms with Gasteiger partial charge in [-0.2, -0.15) is 0 Å². The van der Waals surface area contributed by atoms with E-state index in [2.05, 4.69) is 4.98 Å². The van der Waals surface area contributed by atoms with Gasteiger partial charge in [0.2, 0.25) is 0 Å². The van der Waals surface area contributed by atoms with Gasteiger partial charge in [0.1, 0.15) is 10.8 Å². The van der Waals surface area contributed by atoms with Crippen molar-refractivity contribution in [3.8, 4) is 0 Å². The van der Waals surface area contributed by atoms with Crippen molar-refractivity contribution in [3.05, 3.63) is 23.4 Å². The molecule has 7 heteroatoms. The monoisotopic (exact) mass is 285 g/mol. The van der Waals surface area contributed by atoms with Gasteiger partial charge in [0.25, 0.3) is 0 Å². The molecule has 1 aliphatic heterocycles. The van der Waals surface area contributed by atoms with Crippen LogP contribution in [0.4, 0.5) is 5.82 Å². The van der Waals surface area contributed by atoms with Gasteiger partial charge in [-0.05, 0) is 18.6 Å². The fourth-order valence-electron chi connectivity index (χ4n) is 2.01. The highest BCUT2D eigenvalue weighted by Crippen LogP contribution is 2.22. The van der Waals surface area contributed by atoms with E-state index in [0.29, 0.717) is 23.9 Å². The van der Waals surface area contributed by atoms with Crippen molar-refractivity contribution >= 4 is 32.9 Å². The van der Waals surface area contributed by atoms with Crippen molar-refractivity contribution in [2.75, 3.05) is 29.5 Å². The highest BCUT2D eigenvalue weighted by atomic mass is 32.2. The normalized spacial score (nSPS) is 18.6. The van der Waals surface area contributed by atoms with Gasteiger partial charge in [-0.15, -0.1) is 0 Å². The number of aromatic nitrogens is 1. The minimum atomic E-state index is -2.90. The molecule has 18 heavy (non-hydrogen) atoms. The molecule has 0 radical (unpaired) electrons. The van der Waals surface area contributed by atoms with Crippen LogP contribution in [0, 0.1) is 6.92 Å². The Labute approximate surface area is 112 Å². The Bertz CT molecular complexity index is 570. The van der Waals surface area contributed by atoms with Gasteiger partial charge in [0, 0.05) is 19.3 Å².